The molecule has 0 amide bonds. The van der Waals surface area contributed by atoms with E-state index in [1.54, 1.807) is 0 Å². The second kappa shape index (κ2) is 14.0. The number of ether oxygens (including phenoxy) is 1. The van der Waals surface area contributed by atoms with E-state index in [1.165, 1.54) is 83.1 Å². The van der Waals surface area contributed by atoms with Crippen molar-refractivity contribution in [1.82, 2.24) is 4.48 Å². The van der Waals surface area contributed by atoms with Gasteiger partial charge >= 0.3 is 5.97 Å². The van der Waals surface area contributed by atoms with Crippen LogP contribution in [0.25, 0.3) is 0 Å². The number of hydrogen-bond donors (Lipinski definition) is 0. The number of piperidine rings is 1. The molecule has 0 atom stereocenters. The van der Waals surface area contributed by atoms with Gasteiger partial charge in [-0.3, -0.25) is 9.28 Å². The van der Waals surface area contributed by atoms with E-state index in [2.05, 4.69) is 32.0 Å². The molecule has 0 aliphatic carbocycles. The summed E-state index contributed by atoms with van der Waals surface area (Å²) >= 11 is 0. The second-order valence-corrected chi connectivity index (χ2v) is 8.22. The van der Waals surface area contributed by atoms with Gasteiger partial charge in [-0.2, -0.15) is 0 Å². The third-order valence-corrected chi connectivity index (χ3v) is 5.91. The molecule has 1 saturated heterocycles. The third-order valence-electron chi connectivity index (χ3n) is 5.91. The lowest BCUT2D eigenvalue weighted by atomic mass is 10.0. The number of benzene rings is 1. The number of rotatable bonds is 12. The molecule has 2 rings (SSSR count). The van der Waals surface area contributed by atoms with Crippen molar-refractivity contribution in [1.29, 1.82) is 0 Å². The standard InChI is InChI=1S/C24H40NO2.ClH/c1-3-5-6-7-8-9-11-17-24(26)27-23-16-14-15-22(21-23)25(18-4-2)19-12-10-13-20-25;/h14-16,21H,3-13,17-20H2,1-2H3;1H/q+1;. The molecule has 1 aromatic carbocycles. The maximum Gasteiger partial charge on any atom is 0.311 e. The molecule has 28 heavy (non-hydrogen) atoms. The molecule has 1 aliphatic rings. The minimum atomic E-state index is -0.0820. The van der Waals surface area contributed by atoms with Gasteiger partial charge in [0.15, 0.2) is 0 Å². The number of esters is 1. The zero-order valence-corrected chi connectivity index (χ0v) is 18.9. The van der Waals surface area contributed by atoms with Crippen LogP contribution in [-0.2, 0) is 4.79 Å². The van der Waals surface area contributed by atoms with Crippen LogP contribution < -0.4 is 9.22 Å². The zero-order chi connectivity index (χ0) is 19.4. The third kappa shape index (κ3) is 8.13. The highest BCUT2D eigenvalue weighted by atomic mass is 35.5. The zero-order valence-electron chi connectivity index (χ0n) is 18.1. The number of hydrogen-bond acceptors (Lipinski definition) is 2. The smallest absolute Gasteiger partial charge is 0.311 e. The first-order chi connectivity index (χ1) is 13.2. The summed E-state index contributed by atoms with van der Waals surface area (Å²) in [7, 11) is 0. The monoisotopic (exact) mass is 410 g/mol. The van der Waals surface area contributed by atoms with Crippen LogP contribution in [0.2, 0.25) is 0 Å². The summed E-state index contributed by atoms with van der Waals surface area (Å²) in [5.41, 5.74) is 1.32. The van der Waals surface area contributed by atoms with Crippen LogP contribution in [0.4, 0.5) is 5.69 Å². The van der Waals surface area contributed by atoms with Crippen molar-refractivity contribution < 1.29 is 9.53 Å². The lowest BCUT2D eigenvalue weighted by Gasteiger charge is -2.41. The van der Waals surface area contributed by atoms with E-state index in [4.69, 9.17) is 4.74 Å². The Bertz CT molecular complexity index is 550. The van der Waals surface area contributed by atoms with Gasteiger partial charge in [0.2, 0.25) is 0 Å². The quantitative estimate of drug-likeness (QED) is 0.159. The molecule has 0 aromatic heterocycles. The molecule has 1 fully saturated rings. The van der Waals surface area contributed by atoms with Crippen molar-refractivity contribution in [3.8, 4) is 5.75 Å². The first-order valence-corrected chi connectivity index (χ1v) is 11.4. The summed E-state index contributed by atoms with van der Waals surface area (Å²) in [6.07, 6.45) is 14.2. The molecule has 0 bridgehead atoms. The highest BCUT2D eigenvalue weighted by molar-refractivity contribution is 5.85. The lowest BCUT2D eigenvalue weighted by molar-refractivity contribution is -0.134. The number of unbranched alkanes of at least 4 members (excludes halogenated alkanes) is 6. The van der Waals surface area contributed by atoms with Gasteiger partial charge < -0.3 is 4.74 Å². The van der Waals surface area contributed by atoms with Gasteiger partial charge in [-0.1, -0.05) is 58.4 Å². The van der Waals surface area contributed by atoms with Crippen LogP contribution in [0.15, 0.2) is 24.3 Å². The molecule has 0 N–H and O–H groups in total. The van der Waals surface area contributed by atoms with Gasteiger partial charge in [0.25, 0.3) is 0 Å². The Morgan fingerprint density at radius 3 is 2.29 bits per heavy atom. The van der Waals surface area contributed by atoms with Crippen LogP contribution in [-0.4, -0.2) is 25.6 Å². The molecule has 0 unspecified atom stereocenters. The van der Waals surface area contributed by atoms with E-state index in [-0.39, 0.29) is 18.4 Å². The number of carbonyl (C=O) groups excluding carboxylic acids is 1. The fourth-order valence-corrected chi connectivity index (χ4v) is 4.41. The Hall–Kier alpha value is -1.06. The minimum absolute atomic E-state index is 0. The fourth-order valence-electron chi connectivity index (χ4n) is 4.41. The largest absolute Gasteiger partial charge is 0.426 e. The van der Waals surface area contributed by atoms with E-state index in [0.29, 0.717) is 6.42 Å². The molecule has 1 aromatic rings. The van der Waals surface area contributed by atoms with Crippen molar-refractivity contribution in [2.45, 2.75) is 90.9 Å². The number of halogens is 1. The number of carbonyl (C=O) groups is 1. The normalized spacial score (nSPS) is 15.6. The highest BCUT2D eigenvalue weighted by Gasteiger charge is 2.31. The van der Waals surface area contributed by atoms with Gasteiger partial charge in [-0.05, 0) is 44.2 Å². The first-order valence-electron chi connectivity index (χ1n) is 11.4. The van der Waals surface area contributed by atoms with Gasteiger partial charge in [0.1, 0.15) is 11.4 Å². The Morgan fingerprint density at radius 2 is 1.61 bits per heavy atom. The SMILES string of the molecule is CCCCCCCCCC(=O)Oc1cccc([N+]2(CCC)CCCCC2)c1.Cl. The molecule has 3 nitrogen and oxygen atoms in total. The molecule has 1 heterocycles. The van der Waals surface area contributed by atoms with Crippen molar-refractivity contribution in [3.05, 3.63) is 24.3 Å². The summed E-state index contributed by atoms with van der Waals surface area (Å²) < 4.78 is 6.72. The molecular formula is C24H41ClNO2+. The highest BCUT2D eigenvalue weighted by Crippen LogP contribution is 2.32. The number of nitrogens with zero attached hydrogens (tertiary/aromatic N) is 1. The molecular weight excluding hydrogens is 370 g/mol. The molecule has 160 valence electrons. The van der Waals surface area contributed by atoms with E-state index in [0.717, 1.165) is 23.1 Å². The topological polar surface area (TPSA) is 26.3 Å². The van der Waals surface area contributed by atoms with Gasteiger partial charge in [0, 0.05) is 12.5 Å². The summed E-state index contributed by atoms with van der Waals surface area (Å²) in [6.45, 7) is 8.10. The number of likely N-dealkylation sites (tertiary alicyclic amines) is 1. The Labute approximate surface area is 178 Å². The van der Waals surface area contributed by atoms with Crippen molar-refractivity contribution >= 4 is 24.1 Å². The Kier molecular flexibility index (Phi) is 12.5. The van der Waals surface area contributed by atoms with Gasteiger partial charge in [0.05, 0.1) is 19.6 Å². The predicted octanol–water partition coefficient (Wildman–Crippen LogP) is 7.06. The van der Waals surface area contributed by atoms with E-state index >= 15 is 0 Å². The van der Waals surface area contributed by atoms with Crippen LogP contribution in [0.1, 0.15) is 90.9 Å². The van der Waals surface area contributed by atoms with E-state index in [9.17, 15) is 4.79 Å². The van der Waals surface area contributed by atoms with Gasteiger partial charge in [-0.25, -0.2) is 0 Å². The number of quaternary nitrogens is 1. The molecule has 0 radical (unpaired) electrons. The van der Waals surface area contributed by atoms with Crippen LogP contribution >= 0.6 is 12.4 Å². The maximum atomic E-state index is 12.2. The fraction of sp³-hybridized carbons (Fsp3) is 0.708. The summed E-state index contributed by atoms with van der Waals surface area (Å²) in [6, 6.07) is 8.31. The Balaban J connectivity index is 0.00000392. The van der Waals surface area contributed by atoms with Crippen LogP contribution in [0.5, 0.6) is 5.75 Å². The van der Waals surface area contributed by atoms with Crippen molar-refractivity contribution in [3.63, 3.8) is 0 Å². The van der Waals surface area contributed by atoms with Crippen molar-refractivity contribution in [2.75, 3.05) is 19.6 Å². The second-order valence-electron chi connectivity index (χ2n) is 8.22. The average molecular weight is 411 g/mol. The lowest BCUT2D eigenvalue weighted by Crippen LogP contribution is -2.53. The maximum absolute atomic E-state index is 12.2. The van der Waals surface area contributed by atoms with Crippen LogP contribution in [0, 0.1) is 0 Å². The summed E-state index contributed by atoms with van der Waals surface area (Å²) in [5, 5.41) is 0. The molecule has 0 saturated carbocycles. The summed E-state index contributed by atoms with van der Waals surface area (Å²) in [5.74, 6) is 0.640. The molecule has 1 aliphatic heterocycles. The minimum Gasteiger partial charge on any atom is -0.426 e. The van der Waals surface area contributed by atoms with E-state index in [1.807, 2.05) is 6.07 Å². The molecule has 4 heteroatoms. The first kappa shape index (κ1) is 25.0. The average Bonchev–Trinajstić information content (AvgIpc) is 2.68. The van der Waals surface area contributed by atoms with Gasteiger partial charge in [-0.15, -0.1) is 12.4 Å². The Morgan fingerprint density at radius 1 is 0.929 bits per heavy atom. The predicted molar refractivity (Wildman–Crippen MR) is 122 cm³/mol. The van der Waals surface area contributed by atoms with E-state index < -0.39 is 0 Å². The van der Waals surface area contributed by atoms with Crippen molar-refractivity contribution in [2.24, 2.45) is 0 Å². The summed E-state index contributed by atoms with van der Waals surface area (Å²) in [4.78, 5) is 12.2. The molecule has 0 spiro atoms. The van der Waals surface area contributed by atoms with Crippen LogP contribution in [0.3, 0.4) is 0 Å².